The van der Waals surface area contributed by atoms with Gasteiger partial charge in [-0.25, -0.2) is 9.59 Å². The van der Waals surface area contributed by atoms with Crippen molar-refractivity contribution in [3.8, 4) is 0 Å². The molecule has 4 aliphatic heterocycles. The van der Waals surface area contributed by atoms with Crippen molar-refractivity contribution < 1.29 is 121 Å². The lowest BCUT2D eigenvalue weighted by Crippen LogP contribution is -2.63. The lowest BCUT2D eigenvalue weighted by Gasteiger charge is -2.31. The molecule has 3 aromatic carbocycles. The van der Waals surface area contributed by atoms with E-state index in [1.54, 1.807) is 91.0 Å². The average molecular weight is 2020 g/mol. The van der Waals surface area contributed by atoms with Gasteiger partial charge in [0.05, 0.1) is 25.6 Å². The summed E-state index contributed by atoms with van der Waals surface area (Å²) in [5.41, 5.74) is 30.7. The van der Waals surface area contributed by atoms with Crippen molar-refractivity contribution in [3.05, 3.63) is 108 Å². The number of fused-ring (bicyclic) bond motifs is 9. The number of aliphatic carboxylic acids is 2. The molecule has 766 valence electrons. The minimum Gasteiger partial charge on any atom is -0.480 e. The highest BCUT2D eigenvalue weighted by Crippen LogP contribution is 2.24. The van der Waals surface area contributed by atoms with Crippen LogP contribution in [0.5, 0.6) is 0 Å². The smallest absolute Gasteiger partial charge is 0.335 e. The second-order valence-electron chi connectivity index (χ2n) is 34.3. The minimum absolute atomic E-state index is 0.0261. The molecule has 3 aromatic rings. The van der Waals surface area contributed by atoms with Gasteiger partial charge in [0.2, 0.25) is 118 Å². The Morgan fingerprint density at radius 3 is 1.51 bits per heavy atom. The molecule has 0 radical (unpaired) electrons. The van der Waals surface area contributed by atoms with Gasteiger partial charge in [-0.2, -0.15) is 35.3 Å². The lowest BCUT2D eigenvalue weighted by atomic mass is 10.00. The monoisotopic (exact) mass is 2010 g/mol. The fourth-order valence-electron chi connectivity index (χ4n) is 15.1. The van der Waals surface area contributed by atoms with Crippen LogP contribution in [0.2, 0.25) is 0 Å². The molecule has 4 saturated heterocycles. The average Bonchev–Trinajstić information content (AvgIpc) is 1.77. The number of benzene rings is 3. The van der Waals surface area contributed by atoms with E-state index in [0.29, 0.717) is 34.9 Å². The molecule has 19 atom stereocenters. The third kappa shape index (κ3) is 36.9. The number of amides is 20. The van der Waals surface area contributed by atoms with Crippen molar-refractivity contribution in [1.82, 2.24) is 95.3 Å². The van der Waals surface area contributed by atoms with Crippen LogP contribution in [-0.4, -0.2) is 326 Å². The number of hydrogen-bond donors (Lipinski definition) is 25. The van der Waals surface area contributed by atoms with Crippen molar-refractivity contribution in [3.63, 3.8) is 0 Å². The molecule has 4 fully saturated rings. The van der Waals surface area contributed by atoms with Gasteiger partial charge >= 0.3 is 11.9 Å². The van der Waals surface area contributed by atoms with Gasteiger partial charge in [0, 0.05) is 78.7 Å². The quantitative estimate of drug-likeness (QED) is 0.0350. The number of hydrogen-bond acceptors (Lipinski definition) is 29. The van der Waals surface area contributed by atoms with Crippen LogP contribution in [0.1, 0.15) is 121 Å². The van der Waals surface area contributed by atoms with Gasteiger partial charge in [-0.15, -0.1) is 0 Å². The van der Waals surface area contributed by atoms with Crippen molar-refractivity contribution in [2.24, 2.45) is 34.6 Å². The molecule has 0 aliphatic carbocycles. The van der Waals surface area contributed by atoms with Crippen LogP contribution < -0.4 is 119 Å². The minimum atomic E-state index is -2.98. The summed E-state index contributed by atoms with van der Waals surface area (Å²) in [6, 6.07) is -4.75. The van der Waals surface area contributed by atoms with E-state index in [-0.39, 0.29) is 83.8 Å². The third-order valence-corrected chi connectivity index (χ3v) is 26.8. The van der Waals surface area contributed by atoms with Gasteiger partial charge in [0.15, 0.2) is 6.10 Å². The van der Waals surface area contributed by atoms with Crippen molar-refractivity contribution in [2.75, 3.05) is 62.3 Å². The molecular weight excluding hydrogens is 1890 g/mol. The Bertz CT molecular complexity index is 4890. The Morgan fingerprint density at radius 1 is 0.457 bits per heavy atom. The summed E-state index contributed by atoms with van der Waals surface area (Å²) < 4.78 is 0. The summed E-state index contributed by atoms with van der Waals surface area (Å²) in [5.74, 6) is -30.9. The molecule has 48 nitrogen and oxygen atoms in total. The van der Waals surface area contributed by atoms with E-state index in [4.69, 9.17) is 28.7 Å². The van der Waals surface area contributed by atoms with E-state index >= 15 is 38.4 Å². The normalized spacial score (nSPS) is 26.6. The molecule has 30 N–H and O–H groups in total. The summed E-state index contributed by atoms with van der Waals surface area (Å²) in [4.78, 5) is 321. The second-order valence-corrected chi connectivity index (χ2v) is 38.2. The molecule has 0 saturated carbocycles. The molecule has 0 aromatic heterocycles. The molecular formula is C89H127N23O25S3. The number of carboxylic acid groups (broad SMARTS) is 2. The highest BCUT2D eigenvalue weighted by molar-refractivity contribution is 8.00. The van der Waals surface area contributed by atoms with Crippen molar-refractivity contribution >= 4 is 165 Å². The number of carboxylic acids is 2. The zero-order chi connectivity index (χ0) is 103. The molecule has 4 aliphatic rings. The van der Waals surface area contributed by atoms with Crippen LogP contribution in [0, 0.1) is 5.92 Å². The first kappa shape index (κ1) is 114. The fraction of sp³-hybridized carbons (Fsp3) is 0.551. The number of aliphatic hydroxyl groups excluding tert-OH is 1. The van der Waals surface area contributed by atoms with Crippen molar-refractivity contribution in [2.45, 2.75) is 237 Å². The Morgan fingerprint density at radius 2 is 0.943 bits per heavy atom. The molecule has 4 bridgehead atoms. The third-order valence-electron chi connectivity index (χ3n) is 23.0. The highest BCUT2D eigenvalue weighted by Gasteiger charge is 2.44. The molecule has 4 heterocycles. The summed E-state index contributed by atoms with van der Waals surface area (Å²) in [5, 5.41) is 71.3. The Kier molecular flexibility index (Phi) is 46.7. The number of nitrogens with zero attached hydrogens (tertiary/aromatic N) is 1. The molecule has 8 unspecified atom stereocenters. The summed E-state index contributed by atoms with van der Waals surface area (Å²) >= 11 is 1.95. The molecule has 20 amide bonds. The molecule has 7 rings (SSSR count). The second kappa shape index (κ2) is 57.4. The fourth-order valence-corrected chi connectivity index (χ4v) is 18.4. The number of unbranched alkanes of at least 4 members (excludes halogenated alkanes) is 2. The first-order valence-electron chi connectivity index (χ1n) is 45.7. The number of rotatable bonds is 25. The maximum atomic E-state index is 15.8. The van der Waals surface area contributed by atoms with Crippen LogP contribution in [0.15, 0.2) is 91.0 Å². The standard InChI is InChI=1S/C89H127N23O25S3/c1-45(2)68-85(131)107-60-43-138-42-59(105-77(123)53(28-29-63(93)113)101-76(122)52(25-14-16-31-90)100-73(119)51(92)41-139-46(3)69(86(132)102-54(88(134)135)26-15-17-32-91)110-80(126)58(38-64(94)114)99-66(116)39-96-84(130)71(111-82(60)128)72(118)89(136)137)81(127)106-61-44-140-47(4)70(87(133)104-57(78(124)108-68)37-50-23-12-7-13-24-50)109-79(125)56(36-49-21-10-6-11-22-49)103-83(129)62-27-18-34-112(62)67(117)40-97-74(120)55(35-48-19-8-5-9-20-48)98-65(115)30-33-95-75(61)121/h5-13,19-24,45-47,51-62,68-72,118H,14-18,25-44,90-92H2,1-4H3,(H2,93,113)(H2,94,114)(H,95,121)(H,96,130)(H,97,120)(H,98,115)(H,99,116)(H,100,119)(H,101,122)(H,102,132)(H,103,129)(H,104,133)(H,105,123)(H,106,127)(H,107,131)(H,108,124)(H,109,125)(H,110,126)(H,111,128)(H,134,135)(H,136,137)/t46?,47?,51-,52-,53-,54-,55-,56-,57-,58-,59?,60?,61?,62?,68+,69+,70?,71-,72?/m0/s1. The van der Waals surface area contributed by atoms with Gasteiger partial charge in [-0.05, 0) is 93.5 Å². The number of carbonyl (C=O) groups excluding carboxylic acids is 20. The van der Waals surface area contributed by atoms with Crippen LogP contribution in [0.25, 0.3) is 0 Å². The maximum Gasteiger partial charge on any atom is 0.335 e. The maximum absolute atomic E-state index is 15.8. The van der Waals surface area contributed by atoms with Crippen LogP contribution in [0.4, 0.5) is 0 Å². The number of nitrogens with two attached hydrogens (primary N) is 5. The van der Waals surface area contributed by atoms with E-state index in [1.165, 1.54) is 32.6 Å². The summed E-state index contributed by atoms with van der Waals surface area (Å²) in [6.45, 7) is 3.23. The Labute approximate surface area is 819 Å². The molecule has 140 heavy (non-hydrogen) atoms. The van der Waals surface area contributed by atoms with Crippen LogP contribution >= 0.6 is 35.3 Å². The molecule has 0 spiro atoms. The first-order valence-corrected chi connectivity index (χ1v) is 49.0. The van der Waals surface area contributed by atoms with Gasteiger partial charge < -0.3 is 139 Å². The van der Waals surface area contributed by atoms with Crippen molar-refractivity contribution in [1.29, 1.82) is 0 Å². The summed E-state index contributed by atoms with van der Waals surface area (Å²) in [6.07, 6.45) is -6.10. The topological polar surface area (TPSA) is 774 Å². The summed E-state index contributed by atoms with van der Waals surface area (Å²) in [7, 11) is 0. The van der Waals surface area contributed by atoms with Gasteiger partial charge in [-0.3, -0.25) is 95.9 Å². The van der Waals surface area contributed by atoms with E-state index in [9.17, 15) is 82.4 Å². The first-order chi connectivity index (χ1) is 66.6. The Balaban J connectivity index is 1.43. The predicted octanol–water partition coefficient (Wildman–Crippen LogP) is -8.84. The molecule has 51 heteroatoms. The number of aliphatic hydroxyl groups is 1. The van der Waals surface area contributed by atoms with E-state index in [2.05, 4.69) is 79.8 Å². The van der Waals surface area contributed by atoms with Gasteiger partial charge in [0.1, 0.15) is 90.6 Å². The largest absolute Gasteiger partial charge is 0.480 e. The number of thioether (sulfide) groups is 3. The van der Waals surface area contributed by atoms with E-state index < -0.39 is 318 Å². The van der Waals surface area contributed by atoms with E-state index in [0.717, 1.165) is 23.5 Å². The zero-order valence-corrected chi connectivity index (χ0v) is 80.2. The van der Waals surface area contributed by atoms with E-state index in [1.807, 2.05) is 10.6 Å². The Hall–Kier alpha value is -13.1. The van der Waals surface area contributed by atoms with Crippen LogP contribution in [-0.2, 0) is 125 Å². The SMILES string of the molecule is CC1SCC2NC(=O)C3CSCC(NC(=O)[C@@H](C(C)C)NC(=O)[C@H](Cc4ccccc4)NC(=O)C1NC(=O)[C@H](Cc1ccccc1)NC(=O)C1CCCN1C(=O)CNC(=O)[C@H](Cc1ccccc1)NC(=O)CCNC2=O)C(=O)N[C@@H](C(O)C(=O)O)C(=O)NCC(=O)N[C@@H](CC(N)=O)C(=O)N[C@@H](C(=O)N[C@@H](CCCCN)C(=O)O)C(C)SC[C@H](N)C(=O)N[C@@H](CCCCN)C(=O)N[C@@H](CCC(N)=O)C(=O)N3. The van der Waals surface area contributed by atoms with Crippen LogP contribution in [0.3, 0.4) is 0 Å². The lowest BCUT2D eigenvalue weighted by molar-refractivity contribution is -0.152. The number of primary amides is 2. The predicted molar refractivity (Wildman–Crippen MR) is 509 cm³/mol. The highest BCUT2D eigenvalue weighted by atomic mass is 32.2. The zero-order valence-electron chi connectivity index (χ0n) is 77.8. The van der Waals surface area contributed by atoms with Gasteiger partial charge in [-0.1, -0.05) is 119 Å². The van der Waals surface area contributed by atoms with Gasteiger partial charge in [0.25, 0.3) is 0 Å². The number of carbonyl (C=O) groups is 22. The number of nitrogens with one attached hydrogen (secondary N) is 17.